The number of hydrogen-bond donors (Lipinski definition) is 1. The van der Waals surface area contributed by atoms with E-state index in [1.165, 1.54) is 5.56 Å². The molecule has 5 heteroatoms. The molecule has 1 fully saturated rings. The maximum atomic E-state index is 11.8. The molecule has 0 unspecified atom stereocenters. The second kappa shape index (κ2) is 7.24. The number of para-hydroxylation sites is 1. The van der Waals surface area contributed by atoms with Crippen molar-refractivity contribution in [1.82, 2.24) is 4.90 Å². The van der Waals surface area contributed by atoms with Gasteiger partial charge in [-0.1, -0.05) is 54.1 Å². The number of methoxy groups -OCH3 is 1. The Hall–Kier alpha value is -2.04. The molecule has 1 aliphatic rings. The Bertz CT molecular complexity index is 720. The van der Waals surface area contributed by atoms with Gasteiger partial charge in [0.05, 0.1) is 18.1 Å². The van der Waals surface area contributed by atoms with E-state index in [2.05, 4.69) is 17.0 Å². The van der Waals surface area contributed by atoms with E-state index in [1.807, 2.05) is 30.3 Å². The number of aliphatic carboxylic acids is 1. The molecule has 2 aromatic rings. The second-order valence-corrected chi connectivity index (χ2v) is 6.50. The van der Waals surface area contributed by atoms with Gasteiger partial charge in [-0.05, 0) is 11.6 Å². The molecule has 2 atom stereocenters. The van der Waals surface area contributed by atoms with Crippen molar-refractivity contribution in [3.63, 3.8) is 0 Å². The van der Waals surface area contributed by atoms with Crippen LogP contribution in [0.2, 0.25) is 5.02 Å². The molecule has 1 aliphatic heterocycles. The summed E-state index contributed by atoms with van der Waals surface area (Å²) in [5, 5.41) is 10.2. The minimum absolute atomic E-state index is 0.139. The minimum Gasteiger partial charge on any atom is -0.495 e. The lowest BCUT2D eigenvalue weighted by molar-refractivity contribution is -0.141. The average molecular weight is 346 g/mol. The highest BCUT2D eigenvalue weighted by molar-refractivity contribution is 6.32. The summed E-state index contributed by atoms with van der Waals surface area (Å²) in [4.78, 5) is 13.9. The van der Waals surface area contributed by atoms with Crippen LogP contribution in [0.5, 0.6) is 5.75 Å². The van der Waals surface area contributed by atoms with Gasteiger partial charge in [0, 0.05) is 31.1 Å². The Morgan fingerprint density at radius 3 is 2.62 bits per heavy atom. The van der Waals surface area contributed by atoms with Crippen molar-refractivity contribution in [2.75, 3.05) is 20.2 Å². The van der Waals surface area contributed by atoms with E-state index in [0.717, 1.165) is 12.1 Å². The third kappa shape index (κ3) is 3.40. The van der Waals surface area contributed by atoms with Gasteiger partial charge in [0.1, 0.15) is 5.75 Å². The molecule has 126 valence electrons. The van der Waals surface area contributed by atoms with Gasteiger partial charge in [0.25, 0.3) is 0 Å². The molecule has 0 radical (unpaired) electrons. The Labute approximate surface area is 146 Å². The van der Waals surface area contributed by atoms with Crippen LogP contribution in [-0.2, 0) is 11.3 Å². The van der Waals surface area contributed by atoms with Crippen molar-refractivity contribution < 1.29 is 14.6 Å². The predicted molar refractivity (Wildman–Crippen MR) is 93.6 cm³/mol. The molecule has 0 aliphatic carbocycles. The summed E-state index contributed by atoms with van der Waals surface area (Å²) in [6.45, 7) is 1.93. The normalized spacial score (nSPS) is 20.9. The molecular weight excluding hydrogens is 326 g/mol. The molecule has 0 aromatic heterocycles. The highest BCUT2D eigenvalue weighted by Crippen LogP contribution is 2.41. The van der Waals surface area contributed by atoms with Gasteiger partial charge in [-0.2, -0.15) is 0 Å². The summed E-state index contributed by atoms with van der Waals surface area (Å²) in [5.41, 5.74) is 2.05. The first-order valence-electron chi connectivity index (χ1n) is 7.91. The van der Waals surface area contributed by atoms with Gasteiger partial charge in [0.15, 0.2) is 0 Å². The van der Waals surface area contributed by atoms with E-state index in [4.69, 9.17) is 16.3 Å². The van der Waals surface area contributed by atoms with Crippen LogP contribution in [0.1, 0.15) is 17.0 Å². The molecular formula is C19H20ClNO3. The van der Waals surface area contributed by atoms with E-state index in [9.17, 15) is 9.90 Å². The number of ether oxygens (including phenoxy) is 1. The van der Waals surface area contributed by atoms with E-state index in [-0.39, 0.29) is 5.92 Å². The summed E-state index contributed by atoms with van der Waals surface area (Å²) in [6.07, 6.45) is 0. The first-order valence-corrected chi connectivity index (χ1v) is 8.29. The first kappa shape index (κ1) is 16.8. The van der Waals surface area contributed by atoms with Crippen LogP contribution in [0.4, 0.5) is 0 Å². The van der Waals surface area contributed by atoms with Crippen LogP contribution in [0.15, 0.2) is 48.5 Å². The van der Waals surface area contributed by atoms with Crippen molar-refractivity contribution in [3.8, 4) is 5.75 Å². The lowest BCUT2D eigenvalue weighted by Crippen LogP contribution is -2.23. The third-order valence-electron chi connectivity index (χ3n) is 4.56. The predicted octanol–water partition coefficient (Wildman–Crippen LogP) is 3.65. The molecule has 4 nitrogen and oxygen atoms in total. The molecule has 1 heterocycles. The number of nitrogens with zero attached hydrogens (tertiary/aromatic N) is 1. The molecule has 0 bridgehead atoms. The summed E-state index contributed by atoms with van der Waals surface area (Å²) in [7, 11) is 1.57. The molecule has 1 N–H and O–H groups in total. The standard InChI is InChI=1S/C19H20ClNO3/c1-24-18-14(8-5-9-17(18)20)15-11-21(12-16(15)19(22)23)10-13-6-3-2-4-7-13/h2-9,15-16H,10-12H2,1H3,(H,22,23)/t15-,16+/m1/s1. The van der Waals surface area contributed by atoms with E-state index < -0.39 is 11.9 Å². The molecule has 1 saturated heterocycles. The van der Waals surface area contributed by atoms with E-state index >= 15 is 0 Å². The molecule has 0 spiro atoms. The van der Waals surface area contributed by atoms with Gasteiger partial charge >= 0.3 is 5.97 Å². The monoisotopic (exact) mass is 345 g/mol. The maximum Gasteiger partial charge on any atom is 0.308 e. The minimum atomic E-state index is -0.780. The quantitative estimate of drug-likeness (QED) is 0.898. The Morgan fingerprint density at radius 1 is 1.21 bits per heavy atom. The largest absolute Gasteiger partial charge is 0.495 e. The van der Waals surface area contributed by atoms with Gasteiger partial charge in [-0.3, -0.25) is 9.69 Å². The fraction of sp³-hybridized carbons (Fsp3) is 0.316. The van der Waals surface area contributed by atoms with Gasteiger partial charge < -0.3 is 9.84 Å². The molecule has 3 rings (SSSR count). The Kier molecular flexibility index (Phi) is 5.07. The van der Waals surface area contributed by atoms with Crippen molar-refractivity contribution in [3.05, 3.63) is 64.7 Å². The molecule has 0 amide bonds. The smallest absolute Gasteiger partial charge is 0.308 e. The number of rotatable bonds is 5. The molecule has 24 heavy (non-hydrogen) atoms. The fourth-order valence-electron chi connectivity index (χ4n) is 3.45. The van der Waals surface area contributed by atoms with Crippen molar-refractivity contribution >= 4 is 17.6 Å². The van der Waals surface area contributed by atoms with Crippen molar-refractivity contribution in [1.29, 1.82) is 0 Å². The number of hydrogen-bond acceptors (Lipinski definition) is 3. The summed E-state index contributed by atoms with van der Waals surface area (Å²) in [5.74, 6) is -0.810. The van der Waals surface area contributed by atoms with Crippen LogP contribution < -0.4 is 4.74 Å². The van der Waals surface area contributed by atoms with Crippen molar-refractivity contribution in [2.45, 2.75) is 12.5 Å². The van der Waals surface area contributed by atoms with Crippen LogP contribution in [-0.4, -0.2) is 36.2 Å². The number of benzene rings is 2. The average Bonchev–Trinajstić information content (AvgIpc) is 2.99. The number of halogens is 1. The fourth-order valence-corrected chi connectivity index (χ4v) is 3.71. The Morgan fingerprint density at radius 2 is 1.96 bits per heavy atom. The highest BCUT2D eigenvalue weighted by atomic mass is 35.5. The number of carboxylic acid groups (broad SMARTS) is 1. The van der Waals surface area contributed by atoms with Crippen LogP contribution in [0.25, 0.3) is 0 Å². The van der Waals surface area contributed by atoms with Crippen LogP contribution in [0, 0.1) is 5.92 Å². The first-order chi connectivity index (χ1) is 11.6. The molecule has 0 saturated carbocycles. The third-order valence-corrected chi connectivity index (χ3v) is 4.86. The zero-order valence-corrected chi connectivity index (χ0v) is 14.2. The zero-order chi connectivity index (χ0) is 17.1. The Balaban J connectivity index is 1.87. The number of carboxylic acids is 1. The lowest BCUT2D eigenvalue weighted by atomic mass is 9.88. The summed E-state index contributed by atoms with van der Waals surface area (Å²) >= 11 is 6.22. The van der Waals surface area contributed by atoms with Gasteiger partial charge in [-0.15, -0.1) is 0 Å². The van der Waals surface area contributed by atoms with Gasteiger partial charge in [-0.25, -0.2) is 0 Å². The van der Waals surface area contributed by atoms with Crippen LogP contribution >= 0.6 is 11.6 Å². The maximum absolute atomic E-state index is 11.8. The number of carbonyl (C=O) groups is 1. The number of likely N-dealkylation sites (tertiary alicyclic amines) is 1. The zero-order valence-electron chi connectivity index (χ0n) is 13.5. The molecule has 2 aromatic carbocycles. The SMILES string of the molecule is COc1c(Cl)cccc1[C@H]1CN(Cc2ccccc2)C[C@@H]1C(=O)O. The van der Waals surface area contributed by atoms with E-state index in [1.54, 1.807) is 13.2 Å². The van der Waals surface area contributed by atoms with Gasteiger partial charge in [0.2, 0.25) is 0 Å². The van der Waals surface area contributed by atoms with Crippen LogP contribution in [0.3, 0.4) is 0 Å². The topological polar surface area (TPSA) is 49.8 Å². The van der Waals surface area contributed by atoms with E-state index in [0.29, 0.717) is 23.9 Å². The highest BCUT2D eigenvalue weighted by Gasteiger charge is 2.40. The summed E-state index contributed by atoms with van der Waals surface area (Å²) in [6, 6.07) is 15.6. The second-order valence-electron chi connectivity index (χ2n) is 6.09. The lowest BCUT2D eigenvalue weighted by Gasteiger charge is -2.19. The summed E-state index contributed by atoms with van der Waals surface area (Å²) < 4.78 is 5.43. The van der Waals surface area contributed by atoms with Crippen molar-refractivity contribution in [2.24, 2.45) is 5.92 Å².